The summed E-state index contributed by atoms with van der Waals surface area (Å²) in [5.41, 5.74) is 4.28. The van der Waals surface area contributed by atoms with Gasteiger partial charge in [-0.3, -0.25) is 20.9 Å². The Bertz CT molecular complexity index is 750. The summed E-state index contributed by atoms with van der Waals surface area (Å²) in [4.78, 5) is 11.6. The van der Waals surface area contributed by atoms with Gasteiger partial charge in [0.25, 0.3) is 0 Å². The van der Waals surface area contributed by atoms with Gasteiger partial charge in [0.15, 0.2) is 5.82 Å². The topological polar surface area (TPSA) is 71.0 Å². The number of alkyl halides is 3. The van der Waals surface area contributed by atoms with E-state index in [-0.39, 0.29) is 21.6 Å². The molecule has 1 heterocycles. The molecule has 2 amide bonds. The molecule has 0 spiro atoms. The number of amides is 2. The molecule has 0 radical (unpaired) electrons. The standard InChI is InChI=1S/C12H9Cl2F4N5O/c13-6-1-2-9(8(15)3-6)20-21-11(24)19-10-7(14)4-23(22-10)5-12(16,17)18/h1-4,20H,5H2,(H2,19,21,22,24). The van der Waals surface area contributed by atoms with E-state index >= 15 is 0 Å². The molecule has 24 heavy (non-hydrogen) atoms. The average Bonchev–Trinajstić information content (AvgIpc) is 2.75. The molecule has 2 rings (SSSR count). The van der Waals surface area contributed by atoms with Crippen molar-refractivity contribution in [1.82, 2.24) is 15.2 Å². The molecule has 0 fully saturated rings. The van der Waals surface area contributed by atoms with E-state index in [1.807, 2.05) is 0 Å². The van der Waals surface area contributed by atoms with Crippen LogP contribution < -0.4 is 16.2 Å². The summed E-state index contributed by atoms with van der Waals surface area (Å²) in [5, 5.41) is 5.60. The van der Waals surface area contributed by atoms with Gasteiger partial charge in [0.05, 0.1) is 5.69 Å². The first kappa shape index (κ1) is 18.1. The predicted molar refractivity (Wildman–Crippen MR) is 80.5 cm³/mol. The monoisotopic (exact) mass is 385 g/mol. The number of hydrazine groups is 1. The molecule has 0 aliphatic rings. The van der Waals surface area contributed by atoms with E-state index in [0.29, 0.717) is 4.68 Å². The van der Waals surface area contributed by atoms with Crippen molar-refractivity contribution in [2.24, 2.45) is 0 Å². The molecule has 0 bridgehead atoms. The highest BCUT2D eigenvalue weighted by Gasteiger charge is 2.29. The highest BCUT2D eigenvalue weighted by atomic mass is 35.5. The number of carbonyl (C=O) groups excluding carboxylic acids is 1. The number of benzene rings is 1. The fourth-order valence-corrected chi connectivity index (χ4v) is 1.96. The van der Waals surface area contributed by atoms with Crippen LogP contribution in [0, 0.1) is 5.82 Å². The zero-order chi connectivity index (χ0) is 17.9. The minimum atomic E-state index is -4.48. The summed E-state index contributed by atoms with van der Waals surface area (Å²) in [6.07, 6.45) is -3.57. The van der Waals surface area contributed by atoms with E-state index in [1.165, 1.54) is 12.1 Å². The predicted octanol–water partition coefficient (Wildman–Crippen LogP) is 4.04. The number of urea groups is 1. The van der Waals surface area contributed by atoms with Gasteiger partial charge >= 0.3 is 12.2 Å². The molecular formula is C12H9Cl2F4N5O. The van der Waals surface area contributed by atoms with Crippen molar-refractivity contribution in [2.45, 2.75) is 12.7 Å². The molecule has 0 unspecified atom stereocenters. The third kappa shape index (κ3) is 5.17. The van der Waals surface area contributed by atoms with Crippen molar-refractivity contribution in [3.8, 4) is 0 Å². The van der Waals surface area contributed by atoms with Crippen LogP contribution in [0.15, 0.2) is 24.4 Å². The fourth-order valence-electron chi connectivity index (χ4n) is 1.60. The first-order valence-corrected chi connectivity index (χ1v) is 6.97. The first-order chi connectivity index (χ1) is 11.1. The summed E-state index contributed by atoms with van der Waals surface area (Å²) in [5.74, 6) is -0.993. The smallest absolute Gasteiger partial charge is 0.294 e. The molecule has 0 saturated carbocycles. The molecule has 3 N–H and O–H groups in total. The number of rotatable bonds is 4. The average molecular weight is 386 g/mol. The van der Waals surface area contributed by atoms with Crippen LogP contribution in [-0.2, 0) is 6.54 Å². The van der Waals surface area contributed by atoms with Gasteiger partial charge in [-0.15, -0.1) is 0 Å². The number of nitrogens with zero attached hydrogens (tertiary/aromatic N) is 2. The molecule has 6 nitrogen and oxygen atoms in total. The lowest BCUT2D eigenvalue weighted by Crippen LogP contribution is -2.34. The van der Waals surface area contributed by atoms with Crippen molar-refractivity contribution in [3.05, 3.63) is 40.3 Å². The summed E-state index contributed by atoms with van der Waals surface area (Å²) >= 11 is 11.3. The molecule has 1 aromatic heterocycles. The van der Waals surface area contributed by atoms with Crippen LogP contribution in [0.25, 0.3) is 0 Å². The second-order valence-electron chi connectivity index (χ2n) is 4.47. The lowest BCUT2D eigenvalue weighted by molar-refractivity contribution is -0.142. The maximum absolute atomic E-state index is 13.5. The van der Waals surface area contributed by atoms with Crippen molar-refractivity contribution in [2.75, 3.05) is 10.7 Å². The highest BCUT2D eigenvalue weighted by Crippen LogP contribution is 2.23. The van der Waals surface area contributed by atoms with Crippen LogP contribution in [0.1, 0.15) is 0 Å². The molecular weight excluding hydrogens is 377 g/mol. The zero-order valence-corrected chi connectivity index (χ0v) is 13.1. The summed E-state index contributed by atoms with van der Waals surface area (Å²) in [7, 11) is 0. The maximum Gasteiger partial charge on any atom is 0.408 e. The second-order valence-corrected chi connectivity index (χ2v) is 5.31. The molecule has 0 aliphatic carbocycles. The Balaban J connectivity index is 1.95. The number of halogens is 6. The molecule has 0 aliphatic heterocycles. The van der Waals surface area contributed by atoms with Crippen LogP contribution in [0.3, 0.4) is 0 Å². The van der Waals surface area contributed by atoms with Crippen LogP contribution >= 0.6 is 23.2 Å². The minimum absolute atomic E-state index is 0.0664. The second kappa shape index (κ2) is 7.14. The largest absolute Gasteiger partial charge is 0.408 e. The SMILES string of the molecule is O=C(NNc1ccc(Cl)cc1F)Nc1nn(CC(F)(F)F)cc1Cl. The highest BCUT2D eigenvalue weighted by molar-refractivity contribution is 6.33. The quantitative estimate of drug-likeness (QED) is 0.549. The molecule has 0 saturated heterocycles. The Morgan fingerprint density at radius 2 is 2.00 bits per heavy atom. The number of nitrogens with one attached hydrogen (secondary N) is 3. The third-order valence-electron chi connectivity index (χ3n) is 2.53. The lowest BCUT2D eigenvalue weighted by Gasteiger charge is -2.10. The Kier molecular flexibility index (Phi) is 5.40. The molecule has 130 valence electrons. The lowest BCUT2D eigenvalue weighted by atomic mass is 10.3. The zero-order valence-electron chi connectivity index (χ0n) is 11.6. The van der Waals surface area contributed by atoms with E-state index in [1.54, 1.807) is 0 Å². The van der Waals surface area contributed by atoms with Crippen LogP contribution in [0.4, 0.5) is 33.9 Å². The van der Waals surface area contributed by atoms with Gasteiger partial charge in [-0.25, -0.2) is 9.18 Å². The molecule has 12 heteroatoms. The fraction of sp³-hybridized carbons (Fsp3) is 0.167. The van der Waals surface area contributed by atoms with Crippen molar-refractivity contribution < 1.29 is 22.4 Å². The third-order valence-corrected chi connectivity index (χ3v) is 3.04. The molecule has 2 aromatic rings. The van der Waals surface area contributed by atoms with Gasteiger partial charge in [0.1, 0.15) is 17.4 Å². The number of hydrogen-bond donors (Lipinski definition) is 3. The number of aromatic nitrogens is 2. The Morgan fingerprint density at radius 1 is 1.29 bits per heavy atom. The van der Waals surface area contributed by atoms with Crippen LogP contribution in [0.2, 0.25) is 10.0 Å². The van der Waals surface area contributed by atoms with E-state index in [9.17, 15) is 22.4 Å². The van der Waals surface area contributed by atoms with Crippen molar-refractivity contribution in [3.63, 3.8) is 0 Å². The Labute approximate surface area is 142 Å². The number of anilines is 2. The van der Waals surface area contributed by atoms with E-state index in [2.05, 4.69) is 21.3 Å². The van der Waals surface area contributed by atoms with E-state index in [0.717, 1.165) is 12.3 Å². The van der Waals surface area contributed by atoms with Crippen LogP contribution in [0.5, 0.6) is 0 Å². The van der Waals surface area contributed by atoms with Crippen LogP contribution in [-0.4, -0.2) is 22.0 Å². The number of carbonyl (C=O) groups is 1. The molecule has 0 atom stereocenters. The minimum Gasteiger partial charge on any atom is -0.294 e. The van der Waals surface area contributed by atoms with Gasteiger partial charge in [0.2, 0.25) is 0 Å². The normalized spacial score (nSPS) is 11.2. The van der Waals surface area contributed by atoms with Gasteiger partial charge in [-0.1, -0.05) is 23.2 Å². The van der Waals surface area contributed by atoms with E-state index < -0.39 is 24.6 Å². The van der Waals surface area contributed by atoms with Gasteiger partial charge < -0.3 is 0 Å². The maximum atomic E-state index is 13.5. The first-order valence-electron chi connectivity index (χ1n) is 6.22. The summed E-state index contributed by atoms with van der Waals surface area (Å²) in [6, 6.07) is 2.79. The summed E-state index contributed by atoms with van der Waals surface area (Å²) < 4.78 is 50.8. The summed E-state index contributed by atoms with van der Waals surface area (Å²) in [6.45, 7) is -1.36. The number of hydrogen-bond acceptors (Lipinski definition) is 3. The van der Waals surface area contributed by atoms with Gasteiger partial charge in [0, 0.05) is 11.2 Å². The van der Waals surface area contributed by atoms with Crippen molar-refractivity contribution in [1.29, 1.82) is 0 Å². The van der Waals surface area contributed by atoms with E-state index in [4.69, 9.17) is 23.2 Å². The van der Waals surface area contributed by atoms with Gasteiger partial charge in [-0.05, 0) is 18.2 Å². The Hall–Kier alpha value is -2.20. The van der Waals surface area contributed by atoms with Gasteiger partial charge in [-0.2, -0.15) is 18.3 Å². The Morgan fingerprint density at radius 3 is 2.62 bits per heavy atom. The molecule has 1 aromatic carbocycles. The van der Waals surface area contributed by atoms with Crippen molar-refractivity contribution >= 4 is 40.7 Å².